The Labute approximate surface area is 90.5 Å². The van der Waals surface area contributed by atoms with Crippen LogP contribution >= 0.6 is 0 Å². The highest BCUT2D eigenvalue weighted by atomic mass is 15.2. The minimum atomic E-state index is 0.612. The highest BCUT2D eigenvalue weighted by molar-refractivity contribution is 4.96. The van der Waals surface area contributed by atoms with Crippen LogP contribution in [0.5, 0.6) is 0 Å². The minimum Gasteiger partial charge on any atom is -0.330 e. The highest BCUT2D eigenvalue weighted by Gasteiger charge is 2.27. The predicted molar refractivity (Wildman–Crippen MR) is 59.1 cm³/mol. The first kappa shape index (κ1) is 10.5. The molecule has 82 valence electrons. The maximum absolute atomic E-state index is 5.70. The lowest BCUT2D eigenvalue weighted by atomic mass is 10.1. The van der Waals surface area contributed by atoms with Crippen molar-refractivity contribution in [3.8, 4) is 0 Å². The van der Waals surface area contributed by atoms with Gasteiger partial charge < -0.3 is 5.73 Å². The van der Waals surface area contributed by atoms with E-state index in [1.807, 2.05) is 6.20 Å². The van der Waals surface area contributed by atoms with E-state index in [1.165, 1.54) is 6.42 Å². The number of aromatic nitrogens is 2. The molecule has 2 unspecified atom stereocenters. The Kier molecular flexibility index (Phi) is 3.28. The predicted octanol–water partition coefficient (Wildman–Crippen LogP) is 0.646. The smallest absolute Gasteiger partial charge is 0.0726 e. The fourth-order valence-electron chi connectivity index (χ4n) is 2.23. The molecule has 2 heterocycles. The number of likely N-dealkylation sites (tertiary alicyclic amines) is 1. The Morgan fingerprint density at radius 3 is 3.00 bits per heavy atom. The van der Waals surface area contributed by atoms with E-state index in [1.54, 1.807) is 12.4 Å². The molecule has 15 heavy (non-hydrogen) atoms. The maximum Gasteiger partial charge on any atom is 0.0726 e. The molecule has 0 aliphatic carbocycles. The molecule has 0 saturated carbocycles. The molecular formula is C11H18N4. The van der Waals surface area contributed by atoms with Crippen molar-refractivity contribution >= 4 is 0 Å². The average Bonchev–Trinajstić information content (AvgIpc) is 2.61. The summed E-state index contributed by atoms with van der Waals surface area (Å²) in [6.07, 6.45) is 6.50. The van der Waals surface area contributed by atoms with Crippen molar-refractivity contribution in [2.45, 2.75) is 25.9 Å². The van der Waals surface area contributed by atoms with Gasteiger partial charge in [-0.15, -0.1) is 0 Å². The zero-order valence-electron chi connectivity index (χ0n) is 9.13. The number of nitrogens with zero attached hydrogens (tertiary/aromatic N) is 3. The summed E-state index contributed by atoms with van der Waals surface area (Å²) in [6, 6.07) is 0.612. The topological polar surface area (TPSA) is 55.0 Å². The van der Waals surface area contributed by atoms with Crippen LogP contribution in [0.15, 0.2) is 18.6 Å². The molecule has 1 fully saturated rings. The molecule has 1 aromatic rings. The standard InChI is InChI=1S/C11H18N4/c1-9-4-10(5-12)7-15(9)8-11-6-13-2-3-14-11/h2-3,6,9-10H,4-5,7-8,12H2,1H3. The van der Waals surface area contributed by atoms with Gasteiger partial charge in [-0.3, -0.25) is 14.9 Å². The fraction of sp³-hybridized carbons (Fsp3) is 0.636. The molecule has 4 heteroatoms. The summed E-state index contributed by atoms with van der Waals surface area (Å²) >= 11 is 0. The van der Waals surface area contributed by atoms with E-state index in [0.717, 1.165) is 25.3 Å². The van der Waals surface area contributed by atoms with Gasteiger partial charge in [0.2, 0.25) is 0 Å². The molecule has 1 aliphatic rings. The molecule has 0 spiro atoms. The second-order valence-electron chi connectivity index (χ2n) is 4.31. The summed E-state index contributed by atoms with van der Waals surface area (Å²) in [5, 5.41) is 0. The van der Waals surface area contributed by atoms with E-state index in [4.69, 9.17) is 5.73 Å². The molecule has 4 nitrogen and oxygen atoms in total. The molecule has 1 saturated heterocycles. The van der Waals surface area contributed by atoms with E-state index in [2.05, 4.69) is 21.8 Å². The lowest BCUT2D eigenvalue weighted by Gasteiger charge is -2.19. The van der Waals surface area contributed by atoms with Gasteiger partial charge in [0.15, 0.2) is 0 Å². The van der Waals surface area contributed by atoms with Crippen LogP contribution in [0.4, 0.5) is 0 Å². The van der Waals surface area contributed by atoms with Crippen LogP contribution in [0.1, 0.15) is 19.0 Å². The number of rotatable bonds is 3. The Bertz CT molecular complexity index is 301. The molecule has 2 atom stereocenters. The van der Waals surface area contributed by atoms with Gasteiger partial charge in [0, 0.05) is 37.7 Å². The van der Waals surface area contributed by atoms with Crippen molar-refractivity contribution in [1.82, 2.24) is 14.9 Å². The quantitative estimate of drug-likeness (QED) is 0.788. The first-order valence-electron chi connectivity index (χ1n) is 5.48. The van der Waals surface area contributed by atoms with Crippen molar-refractivity contribution in [3.05, 3.63) is 24.3 Å². The second kappa shape index (κ2) is 4.68. The lowest BCUT2D eigenvalue weighted by Crippen LogP contribution is -2.27. The Balaban J connectivity index is 1.96. The van der Waals surface area contributed by atoms with Gasteiger partial charge in [0.1, 0.15) is 0 Å². The van der Waals surface area contributed by atoms with Gasteiger partial charge in [-0.2, -0.15) is 0 Å². The van der Waals surface area contributed by atoms with E-state index in [9.17, 15) is 0 Å². The molecule has 0 bridgehead atoms. The molecule has 2 N–H and O–H groups in total. The third-order valence-corrected chi connectivity index (χ3v) is 3.11. The van der Waals surface area contributed by atoms with Gasteiger partial charge in [0.25, 0.3) is 0 Å². The summed E-state index contributed by atoms with van der Waals surface area (Å²) in [4.78, 5) is 10.8. The van der Waals surface area contributed by atoms with E-state index < -0.39 is 0 Å². The fourth-order valence-corrected chi connectivity index (χ4v) is 2.23. The van der Waals surface area contributed by atoms with Crippen molar-refractivity contribution in [2.75, 3.05) is 13.1 Å². The van der Waals surface area contributed by atoms with Crippen LogP contribution in [-0.4, -0.2) is 34.0 Å². The Hall–Kier alpha value is -1.00. The van der Waals surface area contributed by atoms with Gasteiger partial charge in [-0.25, -0.2) is 0 Å². The first-order valence-corrected chi connectivity index (χ1v) is 5.48. The largest absolute Gasteiger partial charge is 0.330 e. The number of nitrogens with two attached hydrogens (primary N) is 1. The minimum absolute atomic E-state index is 0.612. The molecule has 2 rings (SSSR count). The van der Waals surface area contributed by atoms with E-state index in [0.29, 0.717) is 12.0 Å². The molecule has 0 amide bonds. The zero-order chi connectivity index (χ0) is 10.7. The average molecular weight is 206 g/mol. The van der Waals surface area contributed by atoms with Crippen molar-refractivity contribution < 1.29 is 0 Å². The lowest BCUT2D eigenvalue weighted by molar-refractivity contribution is 0.252. The molecule has 1 aliphatic heterocycles. The summed E-state index contributed by atoms with van der Waals surface area (Å²) in [5.74, 6) is 0.650. The zero-order valence-corrected chi connectivity index (χ0v) is 9.13. The van der Waals surface area contributed by atoms with Gasteiger partial charge >= 0.3 is 0 Å². The summed E-state index contributed by atoms with van der Waals surface area (Å²) in [7, 11) is 0. The van der Waals surface area contributed by atoms with Crippen LogP contribution in [0.2, 0.25) is 0 Å². The van der Waals surface area contributed by atoms with Crippen molar-refractivity contribution in [2.24, 2.45) is 11.7 Å². The summed E-state index contributed by atoms with van der Waals surface area (Å²) in [5.41, 5.74) is 6.74. The van der Waals surface area contributed by atoms with E-state index >= 15 is 0 Å². The second-order valence-corrected chi connectivity index (χ2v) is 4.31. The third kappa shape index (κ3) is 2.52. The van der Waals surface area contributed by atoms with Gasteiger partial charge in [0.05, 0.1) is 5.69 Å². The third-order valence-electron chi connectivity index (χ3n) is 3.11. The Morgan fingerprint density at radius 1 is 1.53 bits per heavy atom. The monoisotopic (exact) mass is 206 g/mol. The summed E-state index contributed by atoms with van der Waals surface area (Å²) < 4.78 is 0. The van der Waals surface area contributed by atoms with Crippen LogP contribution in [-0.2, 0) is 6.54 Å². The van der Waals surface area contributed by atoms with E-state index in [-0.39, 0.29) is 0 Å². The normalized spacial score (nSPS) is 27.1. The number of hydrogen-bond acceptors (Lipinski definition) is 4. The number of hydrogen-bond donors (Lipinski definition) is 1. The molecule has 0 radical (unpaired) electrons. The molecule has 0 aromatic carbocycles. The first-order chi connectivity index (χ1) is 7.29. The maximum atomic E-state index is 5.70. The van der Waals surface area contributed by atoms with Crippen molar-refractivity contribution in [3.63, 3.8) is 0 Å². The van der Waals surface area contributed by atoms with Gasteiger partial charge in [-0.05, 0) is 25.8 Å². The van der Waals surface area contributed by atoms with Crippen molar-refractivity contribution in [1.29, 1.82) is 0 Å². The molecule has 1 aromatic heterocycles. The Morgan fingerprint density at radius 2 is 2.40 bits per heavy atom. The SMILES string of the molecule is CC1CC(CN)CN1Cc1cnccn1. The van der Waals surface area contributed by atoms with Crippen LogP contribution < -0.4 is 5.73 Å². The highest BCUT2D eigenvalue weighted by Crippen LogP contribution is 2.23. The molecular weight excluding hydrogens is 188 g/mol. The van der Waals surface area contributed by atoms with Gasteiger partial charge in [-0.1, -0.05) is 0 Å². The van der Waals surface area contributed by atoms with Crippen LogP contribution in [0.3, 0.4) is 0 Å². The summed E-state index contributed by atoms with van der Waals surface area (Å²) in [6.45, 7) is 5.03. The van der Waals surface area contributed by atoms with Crippen LogP contribution in [0, 0.1) is 5.92 Å². The van der Waals surface area contributed by atoms with Crippen LogP contribution in [0.25, 0.3) is 0 Å².